The van der Waals surface area contributed by atoms with Gasteiger partial charge in [-0.3, -0.25) is 0 Å². The molecule has 0 fully saturated rings. The van der Waals surface area contributed by atoms with Crippen LogP contribution in [0.3, 0.4) is 0 Å². The topological polar surface area (TPSA) is 49.4 Å². The number of nitrogens with one attached hydrogen (secondary N) is 1. The highest BCUT2D eigenvalue weighted by Crippen LogP contribution is 2.05. The monoisotopic (exact) mass is 298 g/mol. The number of sulfonamides is 1. The Hall–Kier alpha value is -0.910. The SMILES string of the molecule is CCCNCCCS(=O)(=O)N(C)CCc1ccccc1. The molecule has 0 saturated heterocycles. The van der Waals surface area contributed by atoms with Crippen molar-refractivity contribution in [3.8, 4) is 0 Å². The number of benzene rings is 1. The third-order valence-electron chi connectivity index (χ3n) is 3.22. The van der Waals surface area contributed by atoms with Crippen molar-refractivity contribution in [1.29, 1.82) is 0 Å². The van der Waals surface area contributed by atoms with Crippen molar-refractivity contribution in [3.05, 3.63) is 35.9 Å². The second-order valence-corrected chi connectivity index (χ2v) is 7.17. The third kappa shape index (κ3) is 6.50. The molecule has 4 nitrogen and oxygen atoms in total. The Morgan fingerprint density at radius 1 is 1.15 bits per heavy atom. The Balaban J connectivity index is 2.31. The van der Waals surface area contributed by atoms with Gasteiger partial charge in [0.15, 0.2) is 0 Å². The van der Waals surface area contributed by atoms with Crippen LogP contribution < -0.4 is 5.32 Å². The minimum absolute atomic E-state index is 0.217. The van der Waals surface area contributed by atoms with Crippen molar-refractivity contribution in [2.24, 2.45) is 0 Å². The van der Waals surface area contributed by atoms with Gasteiger partial charge >= 0.3 is 0 Å². The second kappa shape index (κ2) is 9.10. The van der Waals surface area contributed by atoms with Crippen LogP contribution >= 0.6 is 0 Å². The van der Waals surface area contributed by atoms with Crippen molar-refractivity contribution < 1.29 is 8.42 Å². The Labute approximate surface area is 123 Å². The molecule has 1 rings (SSSR count). The van der Waals surface area contributed by atoms with Gasteiger partial charge in [-0.2, -0.15) is 0 Å². The van der Waals surface area contributed by atoms with E-state index in [9.17, 15) is 8.42 Å². The molecule has 20 heavy (non-hydrogen) atoms. The zero-order valence-electron chi connectivity index (χ0n) is 12.5. The molecule has 0 heterocycles. The van der Waals surface area contributed by atoms with Crippen molar-refractivity contribution in [2.75, 3.05) is 32.4 Å². The van der Waals surface area contributed by atoms with E-state index >= 15 is 0 Å². The molecule has 0 aliphatic carbocycles. The Morgan fingerprint density at radius 3 is 2.50 bits per heavy atom. The van der Waals surface area contributed by atoms with Gasteiger partial charge < -0.3 is 5.32 Å². The highest BCUT2D eigenvalue weighted by atomic mass is 32.2. The highest BCUT2D eigenvalue weighted by Gasteiger charge is 2.16. The molecule has 0 atom stereocenters. The smallest absolute Gasteiger partial charge is 0.213 e. The standard InChI is InChI=1S/C15H26N2O2S/c1-3-11-16-12-7-14-20(18,19)17(2)13-10-15-8-5-4-6-9-15/h4-6,8-9,16H,3,7,10-14H2,1-2H3. The summed E-state index contributed by atoms with van der Waals surface area (Å²) < 4.78 is 25.6. The largest absolute Gasteiger partial charge is 0.317 e. The summed E-state index contributed by atoms with van der Waals surface area (Å²) in [6.45, 7) is 4.35. The molecule has 0 spiro atoms. The first kappa shape index (κ1) is 17.1. The Kier molecular flexibility index (Phi) is 7.80. The van der Waals surface area contributed by atoms with Gasteiger partial charge in [-0.15, -0.1) is 0 Å². The van der Waals surface area contributed by atoms with E-state index < -0.39 is 10.0 Å². The summed E-state index contributed by atoms with van der Waals surface area (Å²) in [6, 6.07) is 9.96. The van der Waals surface area contributed by atoms with E-state index in [0.29, 0.717) is 13.0 Å². The lowest BCUT2D eigenvalue weighted by Crippen LogP contribution is -2.32. The zero-order valence-corrected chi connectivity index (χ0v) is 13.3. The van der Waals surface area contributed by atoms with Crippen LogP contribution in [0.25, 0.3) is 0 Å². The first-order valence-corrected chi connectivity index (χ1v) is 8.86. The van der Waals surface area contributed by atoms with Crippen LogP contribution in [0.1, 0.15) is 25.3 Å². The molecule has 0 unspecified atom stereocenters. The molecule has 0 amide bonds. The van der Waals surface area contributed by atoms with E-state index in [1.165, 1.54) is 9.87 Å². The van der Waals surface area contributed by atoms with Crippen LogP contribution in [0.5, 0.6) is 0 Å². The summed E-state index contributed by atoms with van der Waals surface area (Å²) in [4.78, 5) is 0. The minimum Gasteiger partial charge on any atom is -0.317 e. The maximum absolute atomic E-state index is 12.1. The van der Waals surface area contributed by atoms with Gasteiger partial charge in [-0.25, -0.2) is 12.7 Å². The average molecular weight is 298 g/mol. The first-order chi connectivity index (χ1) is 9.56. The fourth-order valence-corrected chi connectivity index (χ4v) is 3.10. The van der Waals surface area contributed by atoms with Crippen molar-refractivity contribution >= 4 is 10.0 Å². The summed E-state index contributed by atoms with van der Waals surface area (Å²) in [5, 5.41) is 3.22. The van der Waals surface area contributed by atoms with Gasteiger partial charge in [-0.1, -0.05) is 37.3 Å². The predicted octanol–water partition coefficient (Wildman–Crippen LogP) is 1.88. The van der Waals surface area contributed by atoms with E-state index in [4.69, 9.17) is 0 Å². The molecular weight excluding hydrogens is 272 g/mol. The van der Waals surface area contributed by atoms with Crippen LogP contribution in [0.15, 0.2) is 30.3 Å². The molecule has 0 aliphatic rings. The fourth-order valence-electron chi connectivity index (χ4n) is 1.91. The van der Waals surface area contributed by atoms with E-state index in [1.54, 1.807) is 7.05 Å². The quantitative estimate of drug-likeness (QED) is 0.671. The summed E-state index contributed by atoms with van der Waals surface area (Å²) in [5.74, 6) is 0.217. The van der Waals surface area contributed by atoms with Crippen LogP contribution in [-0.4, -0.2) is 45.2 Å². The van der Waals surface area contributed by atoms with E-state index in [0.717, 1.165) is 25.9 Å². The first-order valence-electron chi connectivity index (χ1n) is 7.25. The van der Waals surface area contributed by atoms with Crippen LogP contribution in [0.4, 0.5) is 0 Å². The van der Waals surface area contributed by atoms with Crippen LogP contribution in [-0.2, 0) is 16.4 Å². The fraction of sp³-hybridized carbons (Fsp3) is 0.600. The minimum atomic E-state index is -3.12. The number of rotatable bonds is 10. The van der Waals surface area contributed by atoms with Crippen molar-refractivity contribution in [2.45, 2.75) is 26.2 Å². The van der Waals surface area contributed by atoms with Gasteiger partial charge in [0.05, 0.1) is 5.75 Å². The molecule has 0 aromatic heterocycles. The molecule has 0 radical (unpaired) electrons. The van der Waals surface area contributed by atoms with Gasteiger partial charge in [0.2, 0.25) is 10.0 Å². The number of hydrogen-bond donors (Lipinski definition) is 1. The molecule has 0 saturated carbocycles. The summed E-state index contributed by atoms with van der Waals surface area (Å²) >= 11 is 0. The maximum atomic E-state index is 12.1. The lowest BCUT2D eigenvalue weighted by atomic mass is 10.2. The molecule has 1 aromatic rings. The molecule has 5 heteroatoms. The van der Waals surface area contributed by atoms with Gasteiger partial charge in [0, 0.05) is 13.6 Å². The van der Waals surface area contributed by atoms with E-state index in [2.05, 4.69) is 12.2 Å². The van der Waals surface area contributed by atoms with Gasteiger partial charge in [-0.05, 0) is 37.9 Å². The van der Waals surface area contributed by atoms with E-state index in [1.807, 2.05) is 30.3 Å². The summed E-state index contributed by atoms with van der Waals surface area (Å²) in [5.41, 5.74) is 1.17. The van der Waals surface area contributed by atoms with Crippen LogP contribution in [0, 0.1) is 0 Å². The van der Waals surface area contributed by atoms with Crippen LogP contribution in [0.2, 0.25) is 0 Å². The molecule has 114 valence electrons. The highest BCUT2D eigenvalue weighted by molar-refractivity contribution is 7.89. The predicted molar refractivity (Wildman–Crippen MR) is 84.3 cm³/mol. The molecular formula is C15H26N2O2S. The Morgan fingerprint density at radius 2 is 1.85 bits per heavy atom. The van der Waals surface area contributed by atoms with E-state index in [-0.39, 0.29) is 5.75 Å². The summed E-state index contributed by atoms with van der Waals surface area (Å²) in [7, 11) is -1.46. The number of likely N-dealkylation sites (N-methyl/N-ethyl adjacent to an activating group) is 1. The van der Waals surface area contributed by atoms with Crippen molar-refractivity contribution in [1.82, 2.24) is 9.62 Å². The average Bonchev–Trinajstić information content (AvgIpc) is 2.45. The maximum Gasteiger partial charge on any atom is 0.213 e. The molecule has 0 bridgehead atoms. The molecule has 0 aliphatic heterocycles. The second-order valence-electron chi connectivity index (χ2n) is 4.98. The van der Waals surface area contributed by atoms with Gasteiger partial charge in [0.1, 0.15) is 0 Å². The molecule has 1 N–H and O–H groups in total. The third-order valence-corrected chi connectivity index (χ3v) is 5.15. The molecule has 1 aromatic carbocycles. The summed E-state index contributed by atoms with van der Waals surface area (Å²) in [6.07, 6.45) is 2.49. The number of hydrogen-bond acceptors (Lipinski definition) is 3. The van der Waals surface area contributed by atoms with Crippen molar-refractivity contribution in [3.63, 3.8) is 0 Å². The number of nitrogens with zero attached hydrogens (tertiary/aromatic N) is 1. The Bertz CT molecular complexity index is 460. The zero-order chi connectivity index (χ0) is 14.8. The normalized spacial score (nSPS) is 11.9. The lowest BCUT2D eigenvalue weighted by Gasteiger charge is -2.17. The lowest BCUT2D eigenvalue weighted by molar-refractivity contribution is 0.470. The van der Waals surface area contributed by atoms with Gasteiger partial charge in [0.25, 0.3) is 0 Å².